The first kappa shape index (κ1) is 11.0. The maximum absolute atomic E-state index is 10.7. The molecule has 1 aromatic carbocycles. The molecule has 0 atom stereocenters. The van der Waals surface area contributed by atoms with Crippen LogP contribution in [0.5, 0.6) is 0 Å². The molecule has 2 rings (SSSR count). The molecule has 86 valence electrons. The second-order valence-corrected chi connectivity index (χ2v) is 4.69. The van der Waals surface area contributed by atoms with E-state index in [9.17, 15) is 4.79 Å². The van der Waals surface area contributed by atoms with E-state index in [1.807, 2.05) is 12.1 Å². The molecular formula is C13H17NO2. The molecular weight excluding hydrogens is 202 g/mol. The Hall–Kier alpha value is -1.51. The highest BCUT2D eigenvalue weighted by atomic mass is 16.4. The zero-order valence-corrected chi connectivity index (χ0v) is 9.68. The lowest BCUT2D eigenvalue weighted by Gasteiger charge is -2.38. The van der Waals surface area contributed by atoms with Gasteiger partial charge in [-0.1, -0.05) is 26.0 Å². The van der Waals surface area contributed by atoms with Crippen molar-refractivity contribution in [1.29, 1.82) is 0 Å². The molecule has 3 heteroatoms. The second kappa shape index (κ2) is 4.16. The van der Waals surface area contributed by atoms with Crippen molar-refractivity contribution in [3.05, 3.63) is 29.8 Å². The fourth-order valence-corrected chi connectivity index (χ4v) is 1.93. The van der Waals surface area contributed by atoms with Gasteiger partial charge in [-0.05, 0) is 23.6 Å². The summed E-state index contributed by atoms with van der Waals surface area (Å²) in [4.78, 5) is 12.8. The fourth-order valence-electron chi connectivity index (χ4n) is 1.93. The third-order valence-corrected chi connectivity index (χ3v) is 3.13. The molecule has 1 fully saturated rings. The molecule has 0 radical (unpaired) electrons. The number of carboxylic acid groups (broad SMARTS) is 1. The standard InChI is InChI=1S/C13H17NO2/c1-9(2)10-4-3-5-12(6-10)14-7-11(8-14)13(15)16/h3-6,9,11H,7-8H2,1-2H3,(H,15,16). The largest absolute Gasteiger partial charge is 0.481 e. The number of nitrogens with zero attached hydrogens (tertiary/aromatic N) is 1. The normalized spacial score (nSPS) is 16.3. The number of carboxylic acids is 1. The molecule has 0 saturated carbocycles. The van der Waals surface area contributed by atoms with Crippen molar-refractivity contribution in [2.24, 2.45) is 5.92 Å². The molecule has 1 heterocycles. The summed E-state index contributed by atoms with van der Waals surface area (Å²) in [5.41, 5.74) is 2.44. The van der Waals surface area contributed by atoms with E-state index in [2.05, 4.69) is 30.9 Å². The number of hydrogen-bond donors (Lipinski definition) is 1. The van der Waals surface area contributed by atoms with Crippen LogP contribution in [-0.4, -0.2) is 24.2 Å². The van der Waals surface area contributed by atoms with Crippen LogP contribution in [-0.2, 0) is 4.79 Å². The van der Waals surface area contributed by atoms with Gasteiger partial charge in [-0.15, -0.1) is 0 Å². The fraction of sp³-hybridized carbons (Fsp3) is 0.462. The smallest absolute Gasteiger partial charge is 0.310 e. The van der Waals surface area contributed by atoms with Crippen LogP contribution in [0.3, 0.4) is 0 Å². The third kappa shape index (κ3) is 2.03. The van der Waals surface area contributed by atoms with Crippen LogP contribution in [0.2, 0.25) is 0 Å². The van der Waals surface area contributed by atoms with Gasteiger partial charge in [0.1, 0.15) is 0 Å². The van der Waals surface area contributed by atoms with E-state index in [1.165, 1.54) is 5.56 Å². The van der Waals surface area contributed by atoms with Gasteiger partial charge in [0.15, 0.2) is 0 Å². The highest BCUT2D eigenvalue weighted by Gasteiger charge is 2.32. The Morgan fingerprint density at radius 3 is 2.69 bits per heavy atom. The summed E-state index contributed by atoms with van der Waals surface area (Å²) >= 11 is 0. The predicted octanol–water partition coefficient (Wildman–Crippen LogP) is 2.33. The van der Waals surface area contributed by atoms with Crippen LogP contribution < -0.4 is 4.90 Å². The van der Waals surface area contributed by atoms with Crippen molar-refractivity contribution < 1.29 is 9.90 Å². The predicted molar refractivity (Wildman–Crippen MR) is 63.9 cm³/mol. The number of benzene rings is 1. The molecule has 1 aliphatic rings. The average molecular weight is 219 g/mol. The van der Waals surface area contributed by atoms with E-state index in [1.54, 1.807) is 0 Å². The molecule has 1 aliphatic heterocycles. The van der Waals surface area contributed by atoms with E-state index in [0.717, 1.165) is 5.69 Å². The highest BCUT2D eigenvalue weighted by Crippen LogP contribution is 2.27. The molecule has 0 aromatic heterocycles. The van der Waals surface area contributed by atoms with E-state index >= 15 is 0 Å². The molecule has 0 unspecified atom stereocenters. The maximum atomic E-state index is 10.7. The van der Waals surface area contributed by atoms with Crippen LogP contribution in [0.15, 0.2) is 24.3 Å². The highest BCUT2D eigenvalue weighted by molar-refractivity contribution is 5.74. The van der Waals surface area contributed by atoms with Crippen molar-refractivity contribution in [3.8, 4) is 0 Å². The summed E-state index contributed by atoms with van der Waals surface area (Å²) in [6.45, 7) is 5.60. The van der Waals surface area contributed by atoms with E-state index in [0.29, 0.717) is 19.0 Å². The molecule has 0 spiro atoms. The first-order valence-electron chi connectivity index (χ1n) is 5.65. The summed E-state index contributed by atoms with van der Waals surface area (Å²) in [7, 11) is 0. The second-order valence-electron chi connectivity index (χ2n) is 4.69. The summed E-state index contributed by atoms with van der Waals surface area (Å²) in [6, 6.07) is 8.36. The van der Waals surface area contributed by atoms with Crippen molar-refractivity contribution in [1.82, 2.24) is 0 Å². The number of anilines is 1. The number of rotatable bonds is 3. The molecule has 3 nitrogen and oxygen atoms in total. The zero-order chi connectivity index (χ0) is 11.7. The van der Waals surface area contributed by atoms with Crippen LogP contribution in [0, 0.1) is 5.92 Å². The SMILES string of the molecule is CC(C)c1cccc(N2CC(C(=O)O)C2)c1. The maximum Gasteiger partial charge on any atom is 0.310 e. The first-order valence-corrected chi connectivity index (χ1v) is 5.65. The van der Waals surface area contributed by atoms with Gasteiger partial charge in [-0.3, -0.25) is 4.79 Å². The van der Waals surface area contributed by atoms with E-state index in [-0.39, 0.29) is 5.92 Å². The number of hydrogen-bond acceptors (Lipinski definition) is 2. The van der Waals surface area contributed by atoms with Gasteiger partial charge in [0.25, 0.3) is 0 Å². The van der Waals surface area contributed by atoms with Gasteiger partial charge in [-0.25, -0.2) is 0 Å². The van der Waals surface area contributed by atoms with Crippen molar-refractivity contribution in [2.45, 2.75) is 19.8 Å². The van der Waals surface area contributed by atoms with Gasteiger partial charge >= 0.3 is 5.97 Å². The summed E-state index contributed by atoms with van der Waals surface area (Å²) in [5.74, 6) is -0.365. The molecule has 0 amide bonds. The Kier molecular flexibility index (Phi) is 2.86. The molecule has 16 heavy (non-hydrogen) atoms. The molecule has 0 aliphatic carbocycles. The average Bonchev–Trinajstić information content (AvgIpc) is 2.15. The van der Waals surface area contributed by atoms with Crippen molar-refractivity contribution >= 4 is 11.7 Å². The van der Waals surface area contributed by atoms with Crippen molar-refractivity contribution in [3.63, 3.8) is 0 Å². The Labute approximate surface area is 95.7 Å². The monoisotopic (exact) mass is 219 g/mol. The summed E-state index contributed by atoms with van der Waals surface area (Å²) in [6.07, 6.45) is 0. The van der Waals surface area contributed by atoms with Crippen LogP contribution >= 0.6 is 0 Å². The van der Waals surface area contributed by atoms with Gasteiger partial charge in [0.05, 0.1) is 5.92 Å². The summed E-state index contributed by atoms with van der Waals surface area (Å²) < 4.78 is 0. The lowest BCUT2D eigenvalue weighted by atomic mass is 9.97. The molecule has 1 saturated heterocycles. The first-order chi connectivity index (χ1) is 7.58. The molecule has 1 N–H and O–H groups in total. The lowest BCUT2D eigenvalue weighted by Crippen LogP contribution is -2.50. The minimum atomic E-state index is -0.684. The van der Waals surface area contributed by atoms with Gasteiger partial charge in [-0.2, -0.15) is 0 Å². The topological polar surface area (TPSA) is 40.5 Å². The van der Waals surface area contributed by atoms with E-state index in [4.69, 9.17) is 5.11 Å². The number of aliphatic carboxylic acids is 1. The Morgan fingerprint density at radius 1 is 1.44 bits per heavy atom. The van der Waals surface area contributed by atoms with Crippen LogP contribution in [0.25, 0.3) is 0 Å². The quantitative estimate of drug-likeness (QED) is 0.848. The minimum Gasteiger partial charge on any atom is -0.481 e. The summed E-state index contributed by atoms with van der Waals surface area (Å²) in [5, 5.41) is 8.81. The van der Waals surface area contributed by atoms with Crippen LogP contribution in [0.1, 0.15) is 25.3 Å². The van der Waals surface area contributed by atoms with E-state index < -0.39 is 5.97 Å². The Bertz CT molecular complexity index is 395. The van der Waals surface area contributed by atoms with Gasteiger partial charge < -0.3 is 10.0 Å². The lowest BCUT2D eigenvalue weighted by molar-refractivity contribution is -0.142. The Morgan fingerprint density at radius 2 is 2.12 bits per heavy atom. The zero-order valence-electron chi connectivity index (χ0n) is 9.68. The molecule has 1 aromatic rings. The Balaban J connectivity index is 2.06. The van der Waals surface area contributed by atoms with Crippen molar-refractivity contribution in [2.75, 3.05) is 18.0 Å². The van der Waals surface area contributed by atoms with Gasteiger partial charge in [0, 0.05) is 18.8 Å². The molecule has 0 bridgehead atoms. The van der Waals surface area contributed by atoms with Gasteiger partial charge in [0.2, 0.25) is 0 Å². The number of carbonyl (C=O) groups is 1. The minimum absolute atomic E-state index is 0.192. The third-order valence-electron chi connectivity index (χ3n) is 3.13. The van der Waals surface area contributed by atoms with Crippen LogP contribution in [0.4, 0.5) is 5.69 Å².